The molecule has 0 saturated carbocycles. The molecule has 2 N–H and O–H groups in total. The van der Waals surface area contributed by atoms with E-state index in [2.05, 4.69) is 19.2 Å². The number of benzene rings is 1. The second kappa shape index (κ2) is 3.33. The van der Waals surface area contributed by atoms with Gasteiger partial charge in [-0.2, -0.15) is 0 Å². The molecule has 0 radical (unpaired) electrons. The van der Waals surface area contributed by atoms with Crippen molar-refractivity contribution in [2.75, 3.05) is 6.54 Å². The van der Waals surface area contributed by atoms with Crippen molar-refractivity contribution in [2.24, 2.45) is 5.92 Å². The number of fused-ring (bicyclic) bond motifs is 4. The Morgan fingerprint density at radius 3 is 3.00 bits per heavy atom. The van der Waals surface area contributed by atoms with E-state index in [1.165, 1.54) is 0 Å². The van der Waals surface area contributed by atoms with Crippen LogP contribution in [0, 0.1) is 5.92 Å². The maximum Gasteiger partial charge on any atom is 0.180 e. The van der Waals surface area contributed by atoms with Crippen LogP contribution in [0.25, 0.3) is 0 Å². The van der Waals surface area contributed by atoms with Gasteiger partial charge in [-0.05, 0) is 48.1 Å². The molecular formula is C14H17NO2. The van der Waals surface area contributed by atoms with Crippen LogP contribution in [0.2, 0.25) is 0 Å². The molecule has 1 heterocycles. The number of rotatable bonds is 0. The second-order valence-electron chi connectivity index (χ2n) is 5.48. The lowest BCUT2D eigenvalue weighted by atomic mass is 9.59. The molecule has 0 amide bonds. The Balaban J connectivity index is 2.26. The van der Waals surface area contributed by atoms with Gasteiger partial charge in [0.2, 0.25) is 0 Å². The molecular weight excluding hydrogens is 214 g/mol. The summed E-state index contributed by atoms with van der Waals surface area (Å²) >= 11 is 0. The van der Waals surface area contributed by atoms with Gasteiger partial charge in [-0.1, -0.05) is 13.8 Å². The quantitative estimate of drug-likeness (QED) is 0.716. The molecule has 0 aromatic heterocycles. The summed E-state index contributed by atoms with van der Waals surface area (Å²) in [7, 11) is 0. The van der Waals surface area contributed by atoms with E-state index < -0.39 is 0 Å². The minimum atomic E-state index is -0.0641. The summed E-state index contributed by atoms with van der Waals surface area (Å²) < 4.78 is 0. The van der Waals surface area contributed by atoms with Crippen molar-refractivity contribution in [2.45, 2.75) is 31.7 Å². The van der Waals surface area contributed by atoms with Crippen molar-refractivity contribution < 1.29 is 9.90 Å². The van der Waals surface area contributed by atoms with Crippen LogP contribution in [-0.2, 0) is 5.41 Å². The van der Waals surface area contributed by atoms with Crippen molar-refractivity contribution >= 4 is 5.78 Å². The van der Waals surface area contributed by atoms with Crippen LogP contribution < -0.4 is 5.32 Å². The van der Waals surface area contributed by atoms with Crippen LogP contribution in [0.1, 0.15) is 36.2 Å². The number of piperidine rings is 1. The topological polar surface area (TPSA) is 49.3 Å². The zero-order valence-electron chi connectivity index (χ0n) is 10.2. The van der Waals surface area contributed by atoms with Gasteiger partial charge >= 0.3 is 0 Å². The molecule has 1 aliphatic heterocycles. The Kier molecular flexibility index (Phi) is 2.11. The summed E-state index contributed by atoms with van der Waals surface area (Å²) in [6, 6.07) is 5.07. The monoisotopic (exact) mass is 231 g/mol. The van der Waals surface area contributed by atoms with Crippen LogP contribution in [0.4, 0.5) is 0 Å². The van der Waals surface area contributed by atoms with E-state index in [1.54, 1.807) is 18.2 Å². The van der Waals surface area contributed by atoms with Gasteiger partial charge in [-0.25, -0.2) is 0 Å². The van der Waals surface area contributed by atoms with Gasteiger partial charge in [0.05, 0.1) is 6.04 Å². The highest BCUT2D eigenvalue weighted by Crippen LogP contribution is 2.46. The number of phenols is 1. The predicted molar refractivity (Wildman–Crippen MR) is 65.4 cm³/mol. The van der Waals surface area contributed by atoms with Gasteiger partial charge < -0.3 is 10.4 Å². The molecule has 3 heteroatoms. The summed E-state index contributed by atoms with van der Waals surface area (Å²) in [4.78, 5) is 12.3. The van der Waals surface area contributed by atoms with Crippen molar-refractivity contribution in [3.05, 3.63) is 29.3 Å². The number of phenolic OH excluding ortho intramolecular Hbond substituents is 1. The highest BCUT2D eigenvalue weighted by Gasteiger charge is 2.49. The van der Waals surface area contributed by atoms with E-state index in [-0.39, 0.29) is 28.9 Å². The van der Waals surface area contributed by atoms with Gasteiger partial charge in [-0.3, -0.25) is 4.79 Å². The number of carbonyl (C=O) groups excluding carboxylic acids is 1. The number of nitrogens with one attached hydrogen (secondary N) is 1. The Labute approximate surface area is 101 Å². The van der Waals surface area contributed by atoms with Crippen molar-refractivity contribution in [1.82, 2.24) is 5.32 Å². The first-order valence-electron chi connectivity index (χ1n) is 6.15. The highest BCUT2D eigenvalue weighted by molar-refractivity contribution is 6.03. The minimum absolute atomic E-state index is 0.00208. The Morgan fingerprint density at radius 2 is 2.24 bits per heavy atom. The van der Waals surface area contributed by atoms with E-state index in [4.69, 9.17) is 0 Å². The van der Waals surface area contributed by atoms with Crippen LogP contribution in [-0.4, -0.2) is 23.5 Å². The molecule has 90 valence electrons. The van der Waals surface area contributed by atoms with E-state index in [1.807, 2.05) is 0 Å². The van der Waals surface area contributed by atoms with E-state index in [0.29, 0.717) is 0 Å². The van der Waals surface area contributed by atoms with Crippen LogP contribution in [0.3, 0.4) is 0 Å². The Bertz CT molecular complexity index is 497. The number of hydrogen-bond donors (Lipinski definition) is 2. The molecule has 2 bridgehead atoms. The average Bonchev–Trinajstić information content (AvgIpc) is 2.30. The molecule has 3 atom stereocenters. The number of ketones is 1. The first-order valence-corrected chi connectivity index (χ1v) is 6.15. The summed E-state index contributed by atoms with van der Waals surface area (Å²) in [5, 5.41) is 13.0. The number of Topliss-reactive ketones (excluding diaryl/α,β-unsaturated/α-hetero) is 1. The number of hydrogen-bond acceptors (Lipinski definition) is 3. The SMILES string of the molecule is C[C@H]1C2NCCC1(C)c1cc(O)ccc1C2=O. The molecule has 17 heavy (non-hydrogen) atoms. The molecule has 1 saturated heterocycles. The van der Waals surface area contributed by atoms with Crippen LogP contribution >= 0.6 is 0 Å². The molecule has 1 aromatic rings. The van der Waals surface area contributed by atoms with Gasteiger partial charge in [0.1, 0.15) is 5.75 Å². The third-order valence-electron chi connectivity index (χ3n) is 4.68. The molecule has 1 fully saturated rings. The number of aromatic hydroxyl groups is 1. The smallest absolute Gasteiger partial charge is 0.180 e. The Morgan fingerprint density at radius 1 is 1.47 bits per heavy atom. The average molecular weight is 231 g/mol. The summed E-state index contributed by atoms with van der Waals surface area (Å²) in [5.41, 5.74) is 1.80. The molecule has 1 aromatic carbocycles. The normalized spacial score (nSPS) is 35.5. The van der Waals surface area contributed by atoms with E-state index in [0.717, 1.165) is 24.1 Å². The summed E-state index contributed by atoms with van der Waals surface area (Å²) in [5.74, 6) is 0.699. The third-order valence-corrected chi connectivity index (χ3v) is 4.68. The minimum Gasteiger partial charge on any atom is -0.508 e. The Hall–Kier alpha value is -1.35. The lowest BCUT2D eigenvalue weighted by molar-refractivity contribution is 0.0766. The van der Waals surface area contributed by atoms with Gasteiger partial charge in [0.15, 0.2) is 5.78 Å². The van der Waals surface area contributed by atoms with Crippen LogP contribution in [0.15, 0.2) is 18.2 Å². The van der Waals surface area contributed by atoms with Crippen molar-refractivity contribution in [1.29, 1.82) is 0 Å². The highest BCUT2D eigenvalue weighted by atomic mass is 16.3. The zero-order chi connectivity index (χ0) is 12.2. The van der Waals surface area contributed by atoms with Crippen LogP contribution in [0.5, 0.6) is 5.75 Å². The molecule has 1 aliphatic carbocycles. The molecule has 0 spiro atoms. The van der Waals surface area contributed by atoms with Crippen molar-refractivity contribution in [3.8, 4) is 5.75 Å². The molecule has 2 aliphatic rings. The largest absolute Gasteiger partial charge is 0.508 e. The first kappa shape index (κ1) is 10.8. The van der Waals surface area contributed by atoms with Gasteiger partial charge in [0, 0.05) is 5.56 Å². The molecule has 3 nitrogen and oxygen atoms in total. The molecule has 3 rings (SSSR count). The van der Waals surface area contributed by atoms with E-state index >= 15 is 0 Å². The van der Waals surface area contributed by atoms with Gasteiger partial charge in [0.25, 0.3) is 0 Å². The summed E-state index contributed by atoms with van der Waals surface area (Å²) in [6.45, 7) is 5.20. The van der Waals surface area contributed by atoms with E-state index in [9.17, 15) is 9.90 Å². The fourth-order valence-corrected chi connectivity index (χ4v) is 3.35. The molecule has 2 unspecified atom stereocenters. The summed E-state index contributed by atoms with van der Waals surface area (Å²) in [6.07, 6.45) is 1.01. The maximum absolute atomic E-state index is 12.3. The van der Waals surface area contributed by atoms with Crippen molar-refractivity contribution in [3.63, 3.8) is 0 Å². The van der Waals surface area contributed by atoms with Gasteiger partial charge in [-0.15, -0.1) is 0 Å². The third kappa shape index (κ3) is 1.29. The zero-order valence-corrected chi connectivity index (χ0v) is 10.2. The number of carbonyl (C=O) groups is 1. The standard InChI is InChI=1S/C14H17NO2/c1-8-12-13(17)10-4-3-9(16)7-11(10)14(8,2)5-6-15-12/h3-4,7-8,12,15-16H,5-6H2,1-2H3/t8-,12?,14?/m0/s1. The lowest BCUT2D eigenvalue weighted by Crippen LogP contribution is -2.59. The lowest BCUT2D eigenvalue weighted by Gasteiger charge is -2.49. The fraction of sp³-hybridized carbons (Fsp3) is 0.500. The maximum atomic E-state index is 12.3. The predicted octanol–water partition coefficient (Wildman–Crippen LogP) is 1.84. The fourth-order valence-electron chi connectivity index (χ4n) is 3.35. The first-order chi connectivity index (χ1) is 8.04. The second-order valence-corrected chi connectivity index (χ2v) is 5.48.